The number of hydrogen-bond acceptors (Lipinski definition) is 6. The molecule has 0 saturated heterocycles. The molecule has 0 unspecified atom stereocenters. The molecule has 0 radical (unpaired) electrons. The summed E-state index contributed by atoms with van der Waals surface area (Å²) in [6, 6.07) is 32.5. The Kier molecular flexibility index (Phi) is 11.1. The van der Waals surface area contributed by atoms with Crippen molar-refractivity contribution in [2.75, 3.05) is 32.1 Å². The van der Waals surface area contributed by atoms with E-state index in [1.807, 2.05) is 97.9 Å². The maximum absolute atomic E-state index is 13.6. The van der Waals surface area contributed by atoms with Gasteiger partial charge in [-0.25, -0.2) is 0 Å². The minimum absolute atomic E-state index is 0.0155. The molecule has 1 heterocycles. The molecule has 2 N–H and O–H groups in total. The maximum Gasteiger partial charge on any atom is 0.228 e. The predicted octanol–water partition coefficient (Wildman–Crippen LogP) is 5.94. The Morgan fingerprint density at radius 1 is 0.978 bits per heavy atom. The molecule has 4 aromatic rings. The van der Waals surface area contributed by atoms with Crippen LogP contribution in [-0.4, -0.2) is 65.6 Å². The van der Waals surface area contributed by atoms with Crippen LogP contribution in [0.1, 0.15) is 30.5 Å². The van der Waals surface area contributed by atoms with Crippen LogP contribution < -0.4 is 14.8 Å². The second-order valence-electron chi connectivity index (χ2n) is 12.2. The lowest BCUT2D eigenvalue weighted by Gasteiger charge is -2.34. The molecule has 0 bridgehead atoms. The third-order valence-corrected chi connectivity index (χ3v) is 8.25. The van der Waals surface area contributed by atoms with Gasteiger partial charge in [0.25, 0.3) is 0 Å². The lowest BCUT2D eigenvalue weighted by molar-refractivity contribution is -0.134. The first kappa shape index (κ1) is 32.7. The number of likely N-dealkylation sites (N-methyl/N-ethyl adjacent to an activating group) is 1. The van der Waals surface area contributed by atoms with Gasteiger partial charge in [-0.15, -0.1) is 0 Å². The number of amides is 2. The van der Waals surface area contributed by atoms with E-state index in [0.717, 1.165) is 22.6 Å². The molecule has 3 atom stereocenters. The number of fused-ring (bicyclic) bond motifs is 1. The van der Waals surface area contributed by atoms with E-state index in [1.165, 1.54) is 0 Å². The van der Waals surface area contributed by atoms with Crippen molar-refractivity contribution in [2.24, 2.45) is 5.92 Å². The van der Waals surface area contributed by atoms with E-state index < -0.39 is 0 Å². The number of nitrogens with one attached hydrogen (secondary N) is 1. The van der Waals surface area contributed by atoms with Gasteiger partial charge in [-0.05, 0) is 67.6 Å². The van der Waals surface area contributed by atoms with Crippen LogP contribution in [0.15, 0.2) is 103 Å². The molecule has 1 aliphatic rings. The van der Waals surface area contributed by atoms with Crippen molar-refractivity contribution < 1.29 is 24.2 Å². The highest BCUT2D eigenvalue weighted by Gasteiger charge is 2.31. The summed E-state index contributed by atoms with van der Waals surface area (Å²) in [6.07, 6.45) is 0.126. The highest BCUT2D eigenvalue weighted by molar-refractivity contribution is 5.92. The summed E-state index contributed by atoms with van der Waals surface area (Å²) < 4.78 is 12.6. The van der Waals surface area contributed by atoms with E-state index in [0.29, 0.717) is 36.6 Å². The van der Waals surface area contributed by atoms with E-state index in [2.05, 4.69) is 36.3 Å². The van der Waals surface area contributed by atoms with Gasteiger partial charge < -0.3 is 24.8 Å². The van der Waals surface area contributed by atoms with Crippen LogP contribution in [0.2, 0.25) is 0 Å². The first-order valence-corrected chi connectivity index (χ1v) is 15.8. The average Bonchev–Trinajstić information content (AvgIpc) is 3.09. The first-order valence-electron chi connectivity index (χ1n) is 15.8. The molecular formula is C38H43N3O5. The van der Waals surface area contributed by atoms with Gasteiger partial charge in [0.05, 0.1) is 25.5 Å². The fourth-order valence-electron chi connectivity index (χ4n) is 5.68. The summed E-state index contributed by atoms with van der Waals surface area (Å²) in [7, 11) is 2.06. The maximum atomic E-state index is 13.6. The van der Waals surface area contributed by atoms with Gasteiger partial charge in [-0.2, -0.15) is 0 Å². The van der Waals surface area contributed by atoms with Crippen LogP contribution in [0.3, 0.4) is 0 Å². The molecule has 5 rings (SSSR count). The van der Waals surface area contributed by atoms with E-state index in [-0.39, 0.29) is 49.3 Å². The van der Waals surface area contributed by atoms with E-state index in [9.17, 15) is 14.7 Å². The third kappa shape index (κ3) is 8.96. The van der Waals surface area contributed by atoms with Gasteiger partial charge in [-0.3, -0.25) is 14.5 Å². The molecule has 0 aromatic heterocycles. The van der Waals surface area contributed by atoms with Crippen molar-refractivity contribution in [3.8, 4) is 17.2 Å². The number of carbonyl (C=O) groups is 2. The largest absolute Gasteiger partial charge is 0.488 e. The molecule has 0 aliphatic carbocycles. The van der Waals surface area contributed by atoms with Gasteiger partial charge in [0.1, 0.15) is 23.4 Å². The number of aliphatic hydroxyl groups excluding tert-OH is 1. The zero-order valence-electron chi connectivity index (χ0n) is 26.8. The number of aliphatic hydroxyl groups is 1. The predicted molar refractivity (Wildman–Crippen MR) is 180 cm³/mol. The SMILES string of the molecule is C[C@H]1CN([C@@H](C)CO)C(=O)Cc2cc(NC(=O)Cc3ccccc3)ccc2O[C@@H]1CN(C)Cc1ccc(Oc2ccccc2)cc1. The minimum Gasteiger partial charge on any atom is -0.488 e. The van der Waals surface area contributed by atoms with Crippen molar-refractivity contribution in [3.05, 3.63) is 120 Å². The van der Waals surface area contributed by atoms with Crippen LogP contribution in [0.5, 0.6) is 17.2 Å². The zero-order valence-corrected chi connectivity index (χ0v) is 26.8. The summed E-state index contributed by atoms with van der Waals surface area (Å²) in [6.45, 7) is 5.59. The number of anilines is 1. The van der Waals surface area contributed by atoms with Crippen molar-refractivity contribution in [1.82, 2.24) is 9.80 Å². The number of carbonyl (C=O) groups excluding carboxylic acids is 2. The van der Waals surface area contributed by atoms with Gasteiger partial charge in [0.15, 0.2) is 0 Å². The van der Waals surface area contributed by atoms with E-state index in [4.69, 9.17) is 9.47 Å². The van der Waals surface area contributed by atoms with Gasteiger partial charge in [0.2, 0.25) is 11.8 Å². The molecule has 240 valence electrons. The summed E-state index contributed by atoms with van der Waals surface area (Å²) in [5.74, 6) is 1.96. The summed E-state index contributed by atoms with van der Waals surface area (Å²) in [4.78, 5) is 30.3. The van der Waals surface area contributed by atoms with Gasteiger partial charge in [0, 0.05) is 36.8 Å². The Hall–Kier alpha value is -4.66. The molecule has 1 aliphatic heterocycles. The lowest BCUT2D eigenvalue weighted by atomic mass is 10.0. The minimum atomic E-state index is -0.333. The molecule has 8 heteroatoms. The van der Waals surface area contributed by atoms with Crippen LogP contribution in [0, 0.1) is 5.92 Å². The van der Waals surface area contributed by atoms with Gasteiger partial charge >= 0.3 is 0 Å². The Morgan fingerprint density at radius 2 is 1.65 bits per heavy atom. The van der Waals surface area contributed by atoms with Crippen molar-refractivity contribution in [2.45, 2.75) is 45.4 Å². The van der Waals surface area contributed by atoms with Crippen molar-refractivity contribution in [1.29, 1.82) is 0 Å². The van der Waals surface area contributed by atoms with E-state index >= 15 is 0 Å². The quantitative estimate of drug-likeness (QED) is 0.215. The Labute approximate surface area is 271 Å². The summed E-state index contributed by atoms with van der Waals surface area (Å²) >= 11 is 0. The molecule has 0 fully saturated rings. The second kappa shape index (κ2) is 15.6. The molecule has 8 nitrogen and oxygen atoms in total. The fraction of sp³-hybridized carbons (Fsp3) is 0.316. The highest BCUT2D eigenvalue weighted by atomic mass is 16.5. The second-order valence-corrected chi connectivity index (χ2v) is 12.2. The molecule has 4 aromatic carbocycles. The lowest BCUT2D eigenvalue weighted by Crippen LogP contribution is -2.47. The average molecular weight is 622 g/mol. The van der Waals surface area contributed by atoms with Crippen LogP contribution in [0.25, 0.3) is 0 Å². The van der Waals surface area contributed by atoms with Crippen molar-refractivity contribution >= 4 is 17.5 Å². The van der Waals surface area contributed by atoms with Gasteiger partial charge in [-0.1, -0.05) is 67.6 Å². The monoisotopic (exact) mass is 621 g/mol. The zero-order chi connectivity index (χ0) is 32.5. The van der Waals surface area contributed by atoms with Crippen molar-refractivity contribution in [3.63, 3.8) is 0 Å². The number of benzene rings is 4. The Balaban J connectivity index is 1.30. The third-order valence-electron chi connectivity index (χ3n) is 8.25. The van der Waals surface area contributed by atoms with Crippen LogP contribution in [0.4, 0.5) is 5.69 Å². The number of rotatable bonds is 11. The molecule has 2 amide bonds. The topological polar surface area (TPSA) is 91.3 Å². The summed E-state index contributed by atoms with van der Waals surface area (Å²) in [5.41, 5.74) is 3.37. The Morgan fingerprint density at radius 3 is 2.35 bits per heavy atom. The molecule has 46 heavy (non-hydrogen) atoms. The number of nitrogens with zero attached hydrogens (tertiary/aromatic N) is 2. The smallest absolute Gasteiger partial charge is 0.228 e. The fourth-order valence-corrected chi connectivity index (χ4v) is 5.68. The molecule has 0 spiro atoms. The van der Waals surface area contributed by atoms with E-state index in [1.54, 1.807) is 4.90 Å². The Bertz CT molecular complexity index is 1580. The number of hydrogen-bond donors (Lipinski definition) is 2. The number of para-hydroxylation sites is 1. The molecular weight excluding hydrogens is 578 g/mol. The highest BCUT2D eigenvalue weighted by Crippen LogP contribution is 2.30. The summed E-state index contributed by atoms with van der Waals surface area (Å²) in [5, 5.41) is 12.9. The standard InChI is InChI=1S/C38H43N3O5/c1-27-23-41(28(2)26-42)38(44)22-31-21-32(39-37(43)20-29-10-6-4-7-11-29)16-19-35(31)46-36(27)25-40(3)24-30-14-17-34(18-15-30)45-33-12-8-5-9-13-33/h4-19,21,27-28,36,42H,20,22-26H2,1-3H3,(H,39,43)/t27-,28-,36+/m0/s1. The first-order chi connectivity index (χ1) is 22.3. The normalized spacial score (nSPS) is 17.2. The van der Waals surface area contributed by atoms with Crippen LogP contribution in [-0.2, 0) is 29.0 Å². The van der Waals surface area contributed by atoms with Crippen LogP contribution >= 0.6 is 0 Å². The molecule has 0 saturated carbocycles. The number of ether oxygens (including phenoxy) is 2.